The number of amides is 1. The van der Waals surface area contributed by atoms with Crippen molar-refractivity contribution in [2.75, 3.05) is 5.32 Å². The van der Waals surface area contributed by atoms with E-state index in [1.54, 1.807) is 71.9 Å². The third-order valence-electron chi connectivity index (χ3n) is 5.10. The molecular formula is C23H21ClN6O4. The van der Waals surface area contributed by atoms with Crippen LogP contribution in [0.15, 0.2) is 60.9 Å². The van der Waals surface area contributed by atoms with Gasteiger partial charge in [0.15, 0.2) is 6.73 Å². The summed E-state index contributed by atoms with van der Waals surface area (Å²) in [7, 11) is 0. The van der Waals surface area contributed by atoms with Crippen molar-refractivity contribution in [2.45, 2.75) is 27.1 Å². The zero-order chi connectivity index (χ0) is 24.2. The fourth-order valence-corrected chi connectivity index (χ4v) is 3.67. The highest BCUT2D eigenvalue weighted by atomic mass is 35.5. The zero-order valence-corrected chi connectivity index (χ0v) is 19.2. The van der Waals surface area contributed by atoms with Gasteiger partial charge in [-0.1, -0.05) is 29.8 Å². The average molecular weight is 481 g/mol. The minimum absolute atomic E-state index is 0.00486. The van der Waals surface area contributed by atoms with Crippen LogP contribution in [0, 0.1) is 24.0 Å². The lowest BCUT2D eigenvalue weighted by Crippen LogP contribution is -2.12. The molecule has 34 heavy (non-hydrogen) atoms. The van der Waals surface area contributed by atoms with E-state index in [2.05, 4.69) is 15.5 Å². The van der Waals surface area contributed by atoms with Crippen LogP contribution in [0.4, 0.5) is 11.4 Å². The first-order valence-corrected chi connectivity index (χ1v) is 10.7. The van der Waals surface area contributed by atoms with E-state index in [0.717, 1.165) is 5.56 Å². The summed E-state index contributed by atoms with van der Waals surface area (Å²) in [6.07, 6.45) is 3.18. The summed E-state index contributed by atoms with van der Waals surface area (Å²) in [5.41, 5.74) is 2.57. The van der Waals surface area contributed by atoms with Crippen LogP contribution in [0.2, 0.25) is 5.02 Å². The fraction of sp³-hybridized carbons (Fsp3) is 0.174. The predicted octanol–water partition coefficient (Wildman–Crippen LogP) is 4.60. The van der Waals surface area contributed by atoms with E-state index < -0.39 is 4.92 Å². The highest BCUT2D eigenvalue weighted by Gasteiger charge is 2.21. The maximum absolute atomic E-state index is 12.8. The standard InChI is InChI=1S/C23H21ClN6O4/c1-15-22(30(32)33)16(2)29(27-15)12-17-5-3-6-18(9-17)23(31)26-20-11-25-28(13-20)14-34-21-8-4-7-19(24)10-21/h3-11,13H,12,14H2,1-2H3,(H,26,31). The van der Waals surface area contributed by atoms with Gasteiger partial charge >= 0.3 is 5.69 Å². The number of rotatable bonds is 8. The van der Waals surface area contributed by atoms with Gasteiger partial charge in [0.2, 0.25) is 0 Å². The van der Waals surface area contributed by atoms with E-state index in [1.165, 1.54) is 6.20 Å². The van der Waals surface area contributed by atoms with Crippen LogP contribution < -0.4 is 10.1 Å². The Bertz CT molecular complexity index is 1360. The Balaban J connectivity index is 1.40. The quantitative estimate of drug-likeness (QED) is 0.291. The van der Waals surface area contributed by atoms with Crippen molar-refractivity contribution in [3.8, 4) is 5.75 Å². The van der Waals surface area contributed by atoms with Crippen molar-refractivity contribution in [2.24, 2.45) is 0 Å². The molecule has 0 spiro atoms. The van der Waals surface area contributed by atoms with Crippen LogP contribution in [0.25, 0.3) is 0 Å². The largest absolute Gasteiger partial charge is 0.471 e. The molecule has 0 unspecified atom stereocenters. The maximum Gasteiger partial charge on any atom is 0.312 e. The lowest BCUT2D eigenvalue weighted by Gasteiger charge is -2.07. The maximum atomic E-state index is 12.8. The Morgan fingerprint density at radius 1 is 1.21 bits per heavy atom. The first-order valence-electron chi connectivity index (χ1n) is 10.3. The van der Waals surface area contributed by atoms with Crippen LogP contribution >= 0.6 is 11.6 Å². The predicted molar refractivity (Wildman–Crippen MR) is 126 cm³/mol. The van der Waals surface area contributed by atoms with Crippen molar-refractivity contribution >= 4 is 28.9 Å². The van der Waals surface area contributed by atoms with Crippen LogP contribution in [0.5, 0.6) is 5.75 Å². The zero-order valence-electron chi connectivity index (χ0n) is 18.4. The molecule has 0 aliphatic heterocycles. The lowest BCUT2D eigenvalue weighted by atomic mass is 10.1. The first-order chi connectivity index (χ1) is 16.3. The van der Waals surface area contributed by atoms with Crippen LogP contribution in [0.1, 0.15) is 27.3 Å². The van der Waals surface area contributed by atoms with Gasteiger partial charge in [-0.05, 0) is 49.7 Å². The molecule has 2 aromatic heterocycles. The van der Waals surface area contributed by atoms with Gasteiger partial charge in [-0.2, -0.15) is 10.2 Å². The molecule has 0 atom stereocenters. The molecule has 0 radical (unpaired) electrons. The molecule has 2 heterocycles. The van der Waals surface area contributed by atoms with E-state index in [9.17, 15) is 14.9 Å². The molecule has 0 bridgehead atoms. The summed E-state index contributed by atoms with van der Waals surface area (Å²) in [6, 6.07) is 14.0. The minimum atomic E-state index is -0.432. The monoisotopic (exact) mass is 480 g/mol. The molecule has 2 aromatic carbocycles. The topological polar surface area (TPSA) is 117 Å². The van der Waals surface area contributed by atoms with Crippen molar-refractivity contribution in [1.29, 1.82) is 0 Å². The Labute approximate surface area is 199 Å². The third kappa shape index (κ3) is 5.24. The summed E-state index contributed by atoms with van der Waals surface area (Å²) in [6.45, 7) is 3.72. The molecule has 4 rings (SSSR count). The molecular weight excluding hydrogens is 460 g/mol. The van der Waals surface area contributed by atoms with Gasteiger partial charge in [-0.3, -0.25) is 19.6 Å². The Hall–Kier alpha value is -4.18. The second kappa shape index (κ2) is 9.75. The number of nitro groups is 1. The molecule has 1 amide bonds. The van der Waals surface area contributed by atoms with Gasteiger partial charge < -0.3 is 10.1 Å². The molecule has 1 N–H and O–H groups in total. The smallest absolute Gasteiger partial charge is 0.312 e. The Morgan fingerprint density at radius 3 is 2.74 bits per heavy atom. The molecule has 0 saturated carbocycles. The number of halogens is 1. The van der Waals surface area contributed by atoms with Gasteiger partial charge in [0, 0.05) is 10.6 Å². The molecule has 10 nitrogen and oxygen atoms in total. The number of benzene rings is 2. The summed E-state index contributed by atoms with van der Waals surface area (Å²) < 4.78 is 8.74. The van der Waals surface area contributed by atoms with Crippen LogP contribution in [-0.4, -0.2) is 30.4 Å². The molecule has 11 heteroatoms. The minimum Gasteiger partial charge on any atom is -0.471 e. The van der Waals surface area contributed by atoms with Crippen molar-refractivity contribution < 1.29 is 14.5 Å². The first kappa shape index (κ1) is 23.0. The SMILES string of the molecule is Cc1nn(Cc2cccc(C(=O)Nc3cnn(COc4cccc(Cl)c4)c3)c2)c(C)c1[N+](=O)[O-]. The van der Waals surface area contributed by atoms with E-state index in [-0.39, 0.29) is 18.3 Å². The molecule has 4 aromatic rings. The van der Waals surface area contributed by atoms with Crippen molar-refractivity contribution in [1.82, 2.24) is 19.6 Å². The molecule has 0 aliphatic carbocycles. The molecule has 0 fully saturated rings. The number of aromatic nitrogens is 4. The Kier molecular flexibility index (Phi) is 6.60. The summed E-state index contributed by atoms with van der Waals surface area (Å²) in [4.78, 5) is 23.6. The van der Waals surface area contributed by atoms with Gasteiger partial charge in [0.05, 0.1) is 29.5 Å². The lowest BCUT2D eigenvalue weighted by molar-refractivity contribution is -0.386. The van der Waals surface area contributed by atoms with E-state index in [1.807, 2.05) is 6.07 Å². The van der Waals surface area contributed by atoms with Gasteiger partial charge in [-0.15, -0.1) is 0 Å². The van der Waals surface area contributed by atoms with Crippen molar-refractivity contribution in [3.63, 3.8) is 0 Å². The van der Waals surface area contributed by atoms with Crippen molar-refractivity contribution in [3.05, 3.63) is 98.6 Å². The van der Waals surface area contributed by atoms with Crippen LogP contribution in [0.3, 0.4) is 0 Å². The normalized spacial score (nSPS) is 10.8. The third-order valence-corrected chi connectivity index (χ3v) is 5.33. The van der Waals surface area contributed by atoms with Gasteiger partial charge in [0.1, 0.15) is 17.1 Å². The average Bonchev–Trinajstić information content (AvgIpc) is 3.35. The summed E-state index contributed by atoms with van der Waals surface area (Å²) in [5.74, 6) is 0.301. The number of anilines is 1. The summed E-state index contributed by atoms with van der Waals surface area (Å²) >= 11 is 5.95. The van der Waals surface area contributed by atoms with Gasteiger partial charge in [-0.25, -0.2) is 4.68 Å². The van der Waals surface area contributed by atoms with E-state index >= 15 is 0 Å². The number of carbonyl (C=O) groups excluding carboxylic acids is 1. The summed E-state index contributed by atoms with van der Waals surface area (Å²) in [5, 5.41) is 23.1. The number of nitrogens with zero attached hydrogens (tertiary/aromatic N) is 5. The number of hydrogen-bond acceptors (Lipinski definition) is 6. The van der Waals surface area contributed by atoms with Gasteiger partial charge in [0.25, 0.3) is 5.91 Å². The highest BCUT2D eigenvalue weighted by molar-refractivity contribution is 6.30. The highest BCUT2D eigenvalue weighted by Crippen LogP contribution is 2.23. The van der Waals surface area contributed by atoms with E-state index in [0.29, 0.717) is 40.0 Å². The molecule has 0 aliphatic rings. The van der Waals surface area contributed by atoms with E-state index in [4.69, 9.17) is 16.3 Å². The number of aryl methyl sites for hydroxylation is 1. The second-order valence-electron chi connectivity index (χ2n) is 7.59. The van der Waals surface area contributed by atoms with Crippen LogP contribution in [-0.2, 0) is 13.3 Å². The molecule has 174 valence electrons. The number of carbonyl (C=O) groups is 1. The number of hydrogen-bond donors (Lipinski definition) is 1. The number of ether oxygens (including phenoxy) is 1. The molecule has 0 saturated heterocycles. The fourth-order valence-electron chi connectivity index (χ4n) is 3.49. The Morgan fingerprint density at radius 2 is 2.00 bits per heavy atom. The second-order valence-corrected chi connectivity index (χ2v) is 8.02. The number of nitrogens with one attached hydrogen (secondary N) is 1.